The Morgan fingerprint density at radius 1 is 1.20 bits per heavy atom. The topological polar surface area (TPSA) is 41.6 Å². The molecule has 4 nitrogen and oxygen atoms in total. The molecule has 1 amide bonds. The van der Waals surface area contributed by atoms with Gasteiger partial charge in [0.25, 0.3) is 0 Å². The number of carbonyl (C=O) groups is 1. The van der Waals surface area contributed by atoms with Crippen LogP contribution in [-0.2, 0) is 11.2 Å². The van der Waals surface area contributed by atoms with Gasteiger partial charge in [0.15, 0.2) is 0 Å². The number of amides is 1. The molecule has 0 aliphatic carbocycles. The van der Waals surface area contributed by atoms with Crippen LogP contribution in [0.4, 0.5) is 5.69 Å². The monoisotopic (exact) mass is 402 g/mol. The van der Waals surface area contributed by atoms with Crippen molar-refractivity contribution in [1.29, 1.82) is 0 Å². The molecule has 0 aromatic heterocycles. The van der Waals surface area contributed by atoms with E-state index in [1.54, 1.807) is 0 Å². The molecule has 2 aromatic carbocycles. The average Bonchev–Trinajstić information content (AvgIpc) is 2.59. The number of rotatable bonds is 5. The summed E-state index contributed by atoms with van der Waals surface area (Å²) >= 11 is 3.42. The third-order valence-corrected chi connectivity index (χ3v) is 4.85. The van der Waals surface area contributed by atoms with Crippen molar-refractivity contribution in [3.63, 3.8) is 0 Å². The van der Waals surface area contributed by atoms with Crippen LogP contribution < -0.4 is 10.1 Å². The Morgan fingerprint density at radius 2 is 1.92 bits per heavy atom. The highest BCUT2D eigenvalue weighted by atomic mass is 79.9. The van der Waals surface area contributed by atoms with Crippen molar-refractivity contribution in [2.24, 2.45) is 0 Å². The molecular weight excluding hydrogens is 380 g/mol. The lowest BCUT2D eigenvalue weighted by molar-refractivity contribution is -0.115. The van der Waals surface area contributed by atoms with Gasteiger partial charge in [-0.1, -0.05) is 28.1 Å². The predicted molar refractivity (Wildman–Crippen MR) is 104 cm³/mol. The minimum absolute atomic E-state index is 0.0258. The molecule has 0 bridgehead atoms. The van der Waals surface area contributed by atoms with E-state index < -0.39 is 0 Å². The van der Waals surface area contributed by atoms with E-state index in [-0.39, 0.29) is 12.0 Å². The largest absolute Gasteiger partial charge is 0.490 e. The van der Waals surface area contributed by atoms with E-state index in [0.717, 1.165) is 47.4 Å². The molecule has 1 aliphatic rings. The number of nitrogens with zero attached hydrogens (tertiary/aromatic N) is 1. The fraction of sp³-hybridized carbons (Fsp3) is 0.350. The fourth-order valence-corrected chi connectivity index (χ4v) is 3.40. The molecule has 0 spiro atoms. The van der Waals surface area contributed by atoms with E-state index in [1.165, 1.54) is 0 Å². The smallest absolute Gasteiger partial charge is 0.228 e. The van der Waals surface area contributed by atoms with E-state index in [0.29, 0.717) is 6.42 Å². The zero-order valence-corrected chi connectivity index (χ0v) is 16.0. The molecule has 0 saturated carbocycles. The van der Waals surface area contributed by atoms with Crippen LogP contribution in [0.5, 0.6) is 5.75 Å². The minimum Gasteiger partial charge on any atom is -0.490 e. The molecule has 0 atom stereocenters. The lowest BCUT2D eigenvalue weighted by Crippen LogP contribution is -2.35. The third kappa shape index (κ3) is 5.58. The number of piperidine rings is 1. The Kier molecular flexibility index (Phi) is 6.10. The van der Waals surface area contributed by atoms with Crippen LogP contribution in [0.2, 0.25) is 0 Å². The van der Waals surface area contributed by atoms with E-state index in [9.17, 15) is 4.79 Å². The van der Waals surface area contributed by atoms with Crippen LogP contribution in [0.3, 0.4) is 0 Å². The van der Waals surface area contributed by atoms with Crippen LogP contribution in [0, 0.1) is 0 Å². The summed E-state index contributed by atoms with van der Waals surface area (Å²) in [5.41, 5.74) is 1.77. The summed E-state index contributed by atoms with van der Waals surface area (Å²) in [5, 5.41) is 2.93. The maximum atomic E-state index is 12.2. The Morgan fingerprint density at radius 3 is 2.60 bits per heavy atom. The van der Waals surface area contributed by atoms with Crippen LogP contribution in [0.25, 0.3) is 0 Å². The number of carbonyl (C=O) groups excluding carboxylic acids is 1. The Labute approximate surface area is 157 Å². The second-order valence-electron chi connectivity index (χ2n) is 6.50. The quantitative estimate of drug-likeness (QED) is 0.817. The predicted octanol–water partition coefficient (Wildman–Crippen LogP) is 4.10. The number of likely N-dealkylation sites (tertiary alicyclic amines) is 1. The molecule has 1 aliphatic heterocycles. The normalized spacial score (nSPS) is 15.8. The standard InChI is InChI=1S/C20H23BrN2O2/c1-23-11-9-19(10-12-23)25-18-7-5-17(6-8-18)22-20(24)14-15-3-2-4-16(21)13-15/h2-8,13,19H,9-12,14H2,1H3,(H,22,24). The van der Waals surface area contributed by atoms with E-state index in [1.807, 2.05) is 48.5 Å². The van der Waals surface area contributed by atoms with Gasteiger partial charge in [0.2, 0.25) is 5.91 Å². The van der Waals surface area contributed by atoms with Crippen molar-refractivity contribution in [1.82, 2.24) is 4.90 Å². The van der Waals surface area contributed by atoms with Crippen molar-refractivity contribution in [2.45, 2.75) is 25.4 Å². The maximum Gasteiger partial charge on any atom is 0.228 e. The first-order chi connectivity index (χ1) is 12.1. The summed E-state index contributed by atoms with van der Waals surface area (Å²) in [6.07, 6.45) is 2.75. The van der Waals surface area contributed by atoms with Gasteiger partial charge in [-0.25, -0.2) is 0 Å². The van der Waals surface area contributed by atoms with Gasteiger partial charge in [0.1, 0.15) is 11.9 Å². The second kappa shape index (κ2) is 8.50. The lowest BCUT2D eigenvalue weighted by atomic mass is 10.1. The van der Waals surface area contributed by atoms with Gasteiger partial charge < -0.3 is 15.0 Å². The molecule has 0 radical (unpaired) electrons. The number of anilines is 1. The SMILES string of the molecule is CN1CCC(Oc2ccc(NC(=O)Cc3cccc(Br)c3)cc2)CC1. The Balaban J connectivity index is 1.51. The summed E-state index contributed by atoms with van der Waals surface area (Å²) in [6, 6.07) is 15.4. The molecule has 1 saturated heterocycles. The Bertz CT molecular complexity index is 710. The highest BCUT2D eigenvalue weighted by Gasteiger charge is 2.17. The Hall–Kier alpha value is -1.85. The van der Waals surface area contributed by atoms with Gasteiger partial charge in [-0.3, -0.25) is 4.79 Å². The number of benzene rings is 2. The second-order valence-corrected chi connectivity index (χ2v) is 7.42. The molecule has 25 heavy (non-hydrogen) atoms. The summed E-state index contributed by atoms with van der Waals surface area (Å²) in [5.74, 6) is 0.835. The summed E-state index contributed by atoms with van der Waals surface area (Å²) in [7, 11) is 2.14. The number of ether oxygens (including phenoxy) is 1. The van der Waals surface area contributed by atoms with E-state index in [2.05, 4.69) is 33.2 Å². The summed E-state index contributed by atoms with van der Waals surface area (Å²) in [4.78, 5) is 14.5. The van der Waals surface area contributed by atoms with Gasteiger partial charge in [-0.05, 0) is 61.9 Å². The molecule has 2 aromatic rings. The van der Waals surface area contributed by atoms with Crippen molar-refractivity contribution in [3.8, 4) is 5.75 Å². The highest BCUT2D eigenvalue weighted by Crippen LogP contribution is 2.21. The van der Waals surface area contributed by atoms with E-state index >= 15 is 0 Å². The van der Waals surface area contributed by atoms with Crippen LogP contribution in [0.1, 0.15) is 18.4 Å². The number of halogens is 1. The number of hydrogen-bond donors (Lipinski definition) is 1. The van der Waals surface area contributed by atoms with Gasteiger partial charge in [0, 0.05) is 23.2 Å². The van der Waals surface area contributed by atoms with Gasteiger partial charge in [-0.15, -0.1) is 0 Å². The van der Waals surface area contributed by atoms with Crippen LogP contribution >= 0.6 is 15.9 Å². The van der Waals surface area contributed by atoms with Gasteiger partial charge in [-0.2, -0.15) is 0 Å². The average molecular weight is 403 g/mol. The molecular formula is C20H23BrN2O2. The zero-order valence-electron chi connectivity index (χ0n) is 14.4. The first kappa shape index (κ1) is 18.0. The number of nitrogens with one attached hydrogen (secondary N) is 1. The maximum absolute atomic E-state index is 12.2. The third-order valence-electron chi connectivity index (χ3n) is 4.36. The van der Waals surface area contributed by atoms with Gasteiger partial charge >= 0.3 is 0 Å². The first-order valence-corrected chi connectivity index (χ1v) is 9.37. The van der Waals surface area contributed by atoms with Crippen molar-refractivity contribution in [2.75, 3.05) is 25.5 Å². The molecule has 1 fully saturated rings. The molecule has 1 heterocycles. The minimum atomic E-state index is -0.0258. The lowest BCUT2D eigenvalue weighted by Gasteiger charge is -2.29. The number of hydrogen-bond acceptors (Lipinski definition) is 3. The van der Waals surface area contributed by atoms with Crippen LogP contribution in [0.15, 0.2) is 53.0 Å². The summed E-state index contributed by atoms with van der Waals surface area (Å²) < 4.78 is 7.01. The molecule has 1 N–H and O–H groups in total. The molecule has 132 valence electrons. The molecule has 5 heteroatoms. The molecule has 0 unspecified atom stereocenters. The van der Waals surface area contributed by atoms with Crippen molar-refractivity contribution in [3.05, 3.63) is 58.6 Å². The first-order valence-electron chi connectivity index (χ1n) is 8.58. The van der Waals surface area contributed by atoms with Crippen LogP contribution in [-0.4, -0.2) is 37.0 Å². The van der Waals surface area contributed by atoms with Crippen molar-refractivity contribution < 1.29 is 9.53 Å². The van der Waals surface area contributed by atoms with Gasteiger partial charge in [0.05, 0.1) is 6.42 Å². The van der Waals surface area contributed by atoms with E-state index in [4.69, 9.17) is 4.74 Å². The van der Waals surface area contributed by atoms with Crippen molar-refractivity contribution >= 4 is 27.5 Å². The fourth-order valence-electron chi connectivity index (χ4n) is 2.95. The molecule has 3 rings (SSSR count). The zero-order chi connectivity index (χ0) is 17.6. The summed E-state index contributed by atoms with van der Waals surface area (Å²) in [6.45, 7) is 2.16. The highest BCUT2D eigenvalue weighted by molar-refractivity contribution is 9.10.